The van der Waals surface area contributed by atoms with Crippen LogP contribution in [0.3, 0.4) is 0 Å². The molecule has 122 valence electrons. The summed E-state index contributed by atoms with van der Waals surface area (Å²) >= 11 is 1.02. The molecule has 1 aliphatic heterocycles. The molecule has 1 amide bonds. The van der Waals surface area contributed by atoms with Crippen LogP contribution in [0.15, 0.2) is 18.3 Å². The Bertz CT molecular complexity index is 728. The number of aromatic nitrogens is 3. The van der Waals surface area contributed by atoms with Gasteiger partial charge < -0.3 is 9.64 Å². The van der Waals surface area contributed by atoms with Crippen molar-refractivity contribution in [3.8, 4) is 5.75 Å². The predicted octanol–water partition coefficient (Wildman–Crippen LogP) is 2.16. The van der Waals surface area contributed by atoms with E-state index in [0.29, 0.717) is 23.7 Å². The highest BCUT2D eigenvalue weighted by Crippen LogP contribution is 2.30. The molecule has 23 heavy (non-hydrogen) atoms. The lowest BCUT2D eigenvalue weighted by molar-refractivity contribution is -0.141. The summed E-state index contributed by atoms with van der Waals surface area (Å²) in [7, 11) is 0. The number of hydrogen-bond donors (Lipinski definition) is 0. The summed E-state index contributed by atoms with van der Waals surface area (Å²) in [5.41, 5.74) is -0.443. The Morgan fingerprint density at radius 1 is 1.43 bits per heavy atom. The van der Waals surface area contributed by atoms with Crippen LogP contribution in [0.1, 0.15) is 21.1 Å². The van der Waals surface area contributed by atoms with E-state index in [1.165, 1.54) is 6.07 Å². The van der Waals surface area contributed by atoms with Crippen molar-refractivity contribution < 1.29 is 22.7 Å². The predicted molar refractivity (Wildman–Crippen MR) is 74.2 cm³/mol. The molecule has 0 saturated carbocycles. The molecule has 3 heterocycles. The number of nitrogens with zero attached hydrogens (tertiary/aromatic N) is 4. The van der Waals surface area contributed by atoms with Gasteiger partial charge in [-0.05, 0) is 24.5 Å². The van der Waals surface area contributed by atoms with Crippen LogP contribution in [-0.2, 0) is 6.18 Å². The molecule has 0 bridgehead atoms. The number of carbonyl (C=O) groups is 1. The SMILES string of the molecule is Cc1nnsc1C(=O)N1CC(Oc2ccnc(C(F)(F)F)c2)C1. The summed E-state index contributed by atoms with van der Waals surface area (Å²) in [4.78, 5) is 17.4. The first-order chi connectivity index (χ1) is 10.8. The van der Waals surface area contributed by atoms with E-state index in [1.54, 1.807) is 11.8 Å². The monoisotopic (exact) mass is 344 g/mol. The van der Waals surface area contributed by atoms with Gasteiger partial charge in [-0.25, -0.2) is 0 Å². The maximum atomic E-state index is 12.6. The molecule has 0 aromatic carbocycles. The van der Waals surface area contributed by atoms with Gasteiger partial charge in [0.15, 0.2) is 0 Å². The number of alkyl halides is 3. The van der Waals surface area contributed by atoms with Crippen LogP contribution >= 0.6 is 11.5 Å². The van der Waals surface area contributed by atoms with Crippen LogP contribution in [0.25, 0.3) is 0 Å². The van der Waals surface area contributed by atoms with Crippen LogP contribution in [0.5, 0.6) is 5.75 Å². The van der Waals surface area contributed by atoms with Crippen molar-refractivity contribution >= 4 is 17.4 Å². The van der Waals surface area contributed by atoms with Gasteiger partial charge in [-0.3, -0.25) is 9.78 Å². The normalized spacial score (nSPS) is 15.4. The molecule has 1 aliphatic rings. The van der Waals surface area contributed by atoms with Crippen molar-refractivity contribution in [2.75, 3.05) is 13.1 Å². The van der Waals surface area contributed by atoms with E-state index in [2.05, 4.69) is 14.6 Å². The van der Waals surface area contributed by atoms with Crippen molar-refractivity contribution in [2.45, 2.75) is 19.2 Å². The van der Waals surface area contributed by atoms with Crippen molar-refractivity contribution in [2.24, 2.45) is 0 Å². The quantitative estimate of drug-likeness (QED) is 0.854. The first-order valence-electron chi connectivity index (χ1n) is 6.62. The van der Waals surface area contributed by atoms with Gasteiger partial charge in [0.25, 0.3) is 5.91 Å². The lowest BCUT2D eigenvalue weighted by Gasteiger charge is -2.38. The molecule has 0 radical (unpaired) electrons. The molecule has 0 atom stereocenters. The molecule has 0 N–H and O–H groups in total. The van der Waals surface area contributed by atoms with Gasteiger partial charge in [-0.1, -0.05) is 4.49 Å². The minimum absolute atomic E-state index is 0.0834. The number of aryl methyl sites for hydroxylation is 1. The van der Waals surface area contributed by atoms with Crippen LogP contribution in [0, 0.1) is 6.92 Å². The van der Waals surface area contributed by atoms with Gasteiger partial charge in [0.1, 0.15) is 22.4 Å². The standard InChI is InChI=1S/C13H11F3N4O2S/c1-7-11(23-19-18-7)12(21)20-5-9(6-20)22-8-2-3-17-10(4-8)13(14,15)16/h2-4,9H,5-6H2,1H3. The number of rotatable bonds is 3. The lowest BCUT2D eigenvalue weighted by atomic mass is 10.1. The highest BCUT2D eigenvalue weighted by atomic mass is 32.1. The van der Waals surface area contributed by atoms with E-state index in [-0.39, 0.29) is 17.8 Å². The lowest BCUT2D eigenvalue weighted by Crippen LogP contribution is -2.56. The summed E-state index contributed by atoms with van der Waals surface area (Å²) in [6, 6.07) is 2.21. The average molecular weight is 344 g/mol. The van der Waals surface area contributed by atoms with Gasteiger partial charge in [-0.15, -0.1) is 5.10 Å². The Morgan fingerprint density at radius 3 is 2.78 bits per heavy atom. The Hall–Kier alpha value is -2.23. The maximum Gasteiger partial charge on any atom is 0.433 e. The van der Waals surface area contributed by atoms with Crippen molar-refractivity contribution in [3.05, 3.63) is 34.6 Å². The second kappa shape index (κ2) is 5.76. The number of likely N-dealkylation sites (tertiary alicyclic amines) is 1. The molecule has 1 fully saturated rings. The molecule has 0 spiro atoms. The smallest absolute Gasteiger partial charge is 0.433 e. The zero-order valence-corrected chi connectivity index (χ0v) is 12.7. The fraction of sp³-hybridized carbons (Fsp3) is 0.385. The molecule has 6 nitrogen and oxygen atoms in total. The van der Waals surface area contributed by atoms with E-state index < -0.39 is 11.9 Å². The molecule has 3 rings (SSSR count). The summed E-state index contributed by atoms with van der Waals surface area (Å²) in [6.45, 7) is 2.31. The van der Waals surface area contributed by atoms with E-state index in [4.69, 9.17) is 4.74 Å². The fourth-order valence-corrected chi connectivity index (χ4v) is 2.71. The summed E-state index contributed by atoms with van der Waals surface area (Å²) in [5.74, 6) is -0.108. The number of pyridine rings is 1. The molecule has 0 unspecified atom stereocenters. The van der Waals surface area contributed by atoms with Crippen LogP contribution in [0.2, 0.25) is 0 Å². The van der Waals surface area contributed by atoms with Gasteiger partial charge in [0.2, 0.25) is 0 Å². The van der Waals surface area contributed by atoms with E-state index >= 15 is 0 Å². The van der Waals surface area contributed by atoms with Crippen molar-refractivity contribution in [1.82, 2.24) is 19.5 Å². The topological polar surface area (TPSA) is 68.2 Å². The van der Waals surface area contributed by atoms with E-state index in [9.17, 15) is 18.0 Å². The first kappa shape index (κ1) is 15.7. The Kier molecular flexibility index (Phi) is 3.92. The van der Waals surface area contributed by atoms with E-state index in [0.717, 1.165) is 23.8 Å². The third-order valence-electron chi connectivity index (χ3n) is 3.31. The number of ether oxygens (including phenoxy) is 1. The highest BCUT2D eigenvalue weighted by molar-refractivity contribution is 7.07. The van der Waals surface area contributed by atoms with Crippen molar-refractivity contribution in [1.29, 1.82) is 0 Å². The Balaban J connectivity index is 1.59. The van der Waals surface area contributed by atoms with E-state index in [1.807, 2.05) is 0 Å². The number of halogens is 3. The van der Waals surface area contributed by atoms with Gasteiger partial charge in [0, 0.05) is 12.3 Å². The molecule has 0 aliphatic carbocycles. The number of carbonyl (C=O) groups excluding carboxylic acids is 1. The maximum absolute atomic E-state index is 12.6. The largest absolute Gasteiger partial charge is 0.487 e. The second-order valence-corrected chi connectivity index (χ2v) is 5.77. The van der Waals surface area contributed by atoms with Crippen molar-refractivity contribution in [3.63, 3.8) is 0 Å². The molecule has 2 aromatic rings. The molecule has 2 aromatic heterocycles. The minimum atomic E-state index is -4.52. The zero-order valence-electron chi connectivity index (χ0n) is 11.9. The molecular formula is C13H11F3N4O2S. The molecule has 10 heteroatoms. The highest BCUT2D eigenvalue weighted by Gasteiger charge is 2.36. The first-order valence-corrected chi connectivity index (χ1v) is 7.40. The van der Waals surface area contributed by atoms with Gasteiger partial charge in [0.05, 0.1) is 18.8 Å². The third-order valence-corrected chi connectivity index (χ3v) is 4.12. The summed E-state index contributed by atoms with van der Waals surface area (Å²) in [6.07, 6.45) is -3.81. The van der Waals surface area contributed by atoms with Gasteiger partial charge >= 0.3 is 6.18 Å². The number of amides is 1. The number of hydrogen-bond acceptors (Lipinski definition) is 6. The minimum Gasteiger partial charge on any atom is -0.487 e. The van der Waals surface area contributed by atoms with Crippen LogP contribution in [0.4, 0.5) is 13.2 Å². The second-order valence-electron chi connectivity index (χ2n) is 5.01. The average Bonchev–Trinajstić information content (AvgIpc) is 2.87. The Labute approximate surface area is 133 Å². The summed E-state index contributed by atoms with van der Waals surface area (Å²) < 4.78 is 46.9. The fourth-order valence-electron chi connectivity index (χ4n) is 2.08. The van der Waals surface area contributed by atoms with Crippen LogP contribution < -0.4 is 4.74 Å². The van der Waals surface area contributed by atoms with Crippen LogP contribution in [-0.4, -0.2) is 44.6 Å². The summed E-state index contributed by atoms with van der Waals surface area (Å²) in [5, 5.41) is 3.77. The molecular weight excluding hydrogens is 333 g/mol. The third kappa shape index (κ3) is 3.26. The Morgan fingerprint density at radius 2 is 2.17 bits per heavy atom. The molecule has 1 saturated heterocycles. The van der Waals surface area contributed by atoms with Gasteiger partial charge in [-0.2, -0.15) is 13.2 Å². The zero-order chi connectivity index (χ0) is 16.6.